The van der Waals surface area contributed by atoms with Gasteiger partial charge in [-0.15, -0.1) is 0 Å². The number of fused-ring (bicyclic) bond motifs is 1. The molecule has 0 saturated carbocycles. The fourth-order valence-corrected chi connectivity index (χ4v) is 3.51. The molecule has 0 radical (unpaired) electrons. The third-order valence-electron chi connectivity index (χ3n) is 5.04. The van der Waals surface area contributed by atoms with Crippen molar-refractivity contribution in [3.05, 3.63) is 59.9 Å². The maximum Gasteiger partial charge on any atom is 0.315 e. The van der Waals surface area contributed by atoms with E-state index in [9.17, 15) is 4.79 Å². The van der Waals surface area contributed by atoms with Gasteiger partial charge < -0.3 is 25.7 Å². The molecule has 0 aliphatic carbocycles. The molecule has 2 heterocycles. The smallest absolute Gasteiger partial charge is 0.315 e. The number of amides is 2. The number of benzene rings is 2. The van der Waals surface area contributed by atoms with Crippen LogP contribution in [0.15, 0.2) is 48.5 Å². The average molecular weight is 379 g/mol. The zero-order valence-electron chi connectivity index (χ0n) is 15.9. The third-order valence-corrected chi connectivity index (χ3v) is 5.04. The van der Waals surface area contributed by atoms with E-state index in [0.717, 1.165) is 47.7 Å². The Balaban J connectivity index is 1.54. The highest BCUT2D eigenvalue weighted by molar-refractivity contribution is 5.76. The Morgan fingerprint density at radius 2 is 2.07 bits per heavy atom. The minimum absolute atomic E-state index is 0.164. The molecule has 1 aliphatic heterocycles. The van der Waals surface area contributed by atoms with Crippen molar-refractivity contribution in [1.82, 2.24) is 25.9 Å². The van der Waals surface area contributed by atoms with Gasteiger partial charge in [0.15, 0.2) is 0 Å². The van der Waals surface area contributed by atoms with Gasteiger partial charge in [-0.3, -0.25) is 0 Å². The van der Waals surface area contributed by atoms with Crippen molar-refractivity contribution in [3.63, 3.8) is 0 Å². The molecule has 1 saturated heterocycles. The van der Waals surface area contributed by atoms with Gasteiger partial charge in [0.05, 0.1) is 24.2 Å². The van der Waals surface area contributed by atoms with Crippen molar-refractivity contribution in [1.29, 1.82) is 0 Å². The Labute approximate surface area is 163 Å². The predicted molar refractivity (Wildman–Crippen MR) is 108 cm³/mol. The zero-order chi connectivity index (χ0) is 19.3. The molecule has 2 amide bonds. The number of para-hydroxylation sites is 2. The molecule has 1 fully saturated rings. The lowest BCUT2D eigenvalue weighted by Crippen LogP contribution is -2.44. The van der Waals surface area contributed by atoms with Gasteiger partial charge in [0.1, 0.15) is 11.6 Å². The van der Waals surface area contributed by atoms with E-state index in [0.29, 0.717) is 6.42 Å². The average Bonchev–Trinajstić information content (AvgIpc) is 3.37. The zero-order valence-corrected chi connectivity index (χ0v) is 15.9. The molecule has 2 aromatic carbocycles. The minimum Gasteiger partial charge on any atom is -0.497 e. The molecule has 1 aromatic heterocycles. The Hall–Kier alpha value is -3.06. The molecule has 146 valence electrons. The number of nitrogens with zero attached hydrogens (tertiary/aromatic N) is 1. The minimum atomic E-state index is -0.268. The van der Waals surface area contributed by atoms with Crippen LogP contribution in [0.5, 0.6) is 5.75 Å². The normalized spacial score (nSPS) is 17.4. The van der Waals surface area contributed by atoms with Crippen molar-refractivity contribution < 1.29 is 9.53 Å². The number of urea groups is 1. The van der Waals surface area contributed by atoms with Crippen LogP contribution in [0.3, 0.4) is 0 Å². The Bertz CT molecular complexity index is 898. The number of hydrogen-bond acceptors (Lipinski definition) is 4. The summed E-state index contributed by atoms with van der Waals surface area (Å²) in [5.41, 5.74) is 2.94. The standard InChI is InChI=1S/C21H25N5O2/c1-28-16-8-6-14(7-9-16)12-19(26-21(27)23-15-10-11-22-13-15)20-24-17-4-2-3-5-18(17)25-20/h2-9,15,19,22H,10-13H2,1H3,(H,24,25)(H2,23,26,27)/t15?,19-/m1/s1. The molecule has 7 heteroatoms. The topological polar surface area (TPSA) is 91.1 Å². The summed E-state index contributed by atoms with van der Waals surface area (Å²) in [6.07, 6.45) is 1.57. The van der Waals surface area contributed by atoms with Crippen LogP contribution in [0.1, 0.15) is 23.9 Å². The monoisotopic (exact) mass is 379 g/mol. The van der Waals surface area contributed by atoms with Gasteiger partial charge in [0, 0.05) is 12.6 Å². The number of aromatic nitrogens is 2. The molecule has 3 aromatic rings. The lowest BCUT2D eigenvalue weighted by atomic mass is 10.1. The maximum atomic E-state index is 12.6. The lowest BCUT2D eigenvalue weighted by molar-refractivity contribution is 0.233. The first-order chi connectivity index (χ1) is 13.7. The molecule has 2 atom stereocenters. The third kappa shape index (κ3) is 4.26. The number of aromatic amines is 1. The van der Waals surface area contributed by atoms with Gasteiger partial charge in [0.2, 0.25) is 0 Å². The fraction of sp³-hybridized carbons (Fsp3) is 0.333. The first kappa shape index (κ1) is 18.3. The van der Waals surface area contributed by atoms with Crippen LogP contribution in [-0.4, -0.2) is 42.2 Å². The van der Waals surface area contributed by atoms with Gasteiger partial charge in [0.25, 0.3) is 0 Å². The van der Waals surface area contributed by atoms with Gasteiger partial charge in [-0.1, -0.05) is 24.3 Å². The molecule has 0 spiro atoms. The molecular formula is C21H25N5O2. The molecule has 4 rings (SSSR count). The van der Waals surface area contributed by atoms with Gasteiger partial charge in [-0.2, -0.15) is 0 Å². The lowest BCUT2D eigenvalue weighted by Gasteiger charge is -2.19. The first-order valence-corrected chi connectivity index (χ1v) is 9.56. The van der Waals surface area contributed by atoms with Crippen LogP contribution in [0, 0.1) is 0 Å². The Kier molecular flexibility index (Phi) is 5.43. The van der Waals surface area contributed by atoms with E-state index < -0.39 is 0 Å². The highest BCUT2D eigenvalue weighted by Gasteiger charge is 2.22. The van der Waals surface area contributed by atoms with Crippen molar-refractivity contribution in [2.75, 3.05) is 20.2 Å². The number of carbonyl (C=O) groups is 1. The second kappa shape index (κ2) is 8.31. The Morgan fingerprint density at radius 3 is 2.79 bits per heavy atom. The van der Waals surface area contributed by atoms with Crippen LogP contribution in [0.4, 0.5) is 4.79 Å². The quantitative estimate of drug-likeness (QED) is 0.530. The molecule has 4 N–H and O–H groups in total. The first-order valence-electron chi connectivity index (χ1n) is 9.56. The van der Waals surface area contributed by atoms with Crippen LogP contribution < -0.4 is 20.7 Å². The van der Waals surface area contributed by atoms with Gasteiger partial charge in [-0.05, 0) is 49.2 Å². The van der Waals surface area contributed by atoms with Crippen LogP contribution >= 0.6 is 0 Å². The van der Waals surface area contributed by atoms with E-state index in [4.69, 9.17) is 9.72 Å². The molecule has 28 heavy (non-hydrogen) atoms. The second-order valence-electron chi connectivity index (χ2n) is 7.05. The SMILES string of the molecule is COc1ccc(C[C@@H](NC(=O)NC2CCNC2)c2nc3ccccc3[nH]2)cc1. The highest BCUT2D eigenvalue weighted by atomic mass is 16.5. The second-order valence-corrected chi connectivity index (χ2v) is 7.05. The number of ether oxygens (including phenoxy) is 1. The van der Waals surface area contributed by atoms with Crippen LogP contribution in [-0.2, 0) is 6.42 Å². The largest absolute Gasteiger partial charge is 0.497 e. The van der Waals surface area contributed by atoms with E-state index in [1.165, 1.54) is 0 Å². The summed E-state index contributed by atoms with van der Waals surface area (Å²) < 4.78 is 5.23. The van der Waals surface area contributed by atoms with E-state index in [2.05, 4.69) is 20.9 Å². The van der Waals surface area contributed by atoms with Crippen molar-refractivity contribution in [2.24, 2.45) is 0 Å². The summed E-state index contributed by atoms with van der Waals surface area (Å²) in [6.45, 7) is 1.74. The number of H-pyrrole nitrogens is 1. The number of imidazole rings is 1. The van der Waals surface area contributed by atoms with E-state index in [1.807, 2.05) is 48.5 Å². The van der Waals surface area contributed by atoms with Crippen molar-refractivity contribution in [3.8, 4) is 5.75 Å². The maximum absolute atomic E-state index is 12.6. The fourth-order valence-electron chi connectivity index (χ4n) is 3.51. The molecule has 1 unspecified atom stereocenters. The van der Waals surface area contributed by atoms with Crippen molar-refractivity contribution >= 4 is 17.1 Å². The number of methoxy groups -OCH3 is 1. The Morgan fingerprint density at radius 1 is 1.25 bits per heavy atom. The summed E-state index contributed by atoms with van der Waals surface area (Å²) in [6, 6.07) is 15.5. The molecule has 7 nitrogen and oxygen atoms in total. The number of hydrogen-bond donors (Lipinski definition) is 4. The van der Waals surface area contributed by atoms with E-state index >= 15 is 0 Å². The van der Waals surface area contributed by atoms with Crippen LogP contribution in [0.25, 0.3) is 11.0 Å². The summed E-state index contributed by atoms with van der Waals surface area (Å²) in [5.74, 6) is 1.56. The van der Waals surface area contributed by atoms with Gasteiger partial charge >= 0.3 is 6.03 Å². The van der Waals surface area contributed by atoms with E-state index in [-0.39, 0.29) is 18.1 Å². The van der Waals surface area contributed by atoms with E-state index in [1.54, 1.807) is 7.11 Å². The highest BCUT2D eigenvalue weighted by Crippen LogP contribution is 2.21. The predicted octanol–water partition coefficient (Wildman–Crippen LogP) is 2.52. The van der Waals surface area contributed by atoms with Crippen molar-refractivity contribution in [2.45, 2.75) is 24.9 Å². The molecule has 1 aliphatic rings. The van der Waals surface area contributed by atoms with Gasteiger partial charge in [-0.25, -0.2) is 9.78 Å². The van der Waals surface area contributed by atoms with Crippen LogP contribution in [0.2, 0.25) is 0 Å². The number of nitrogens with one attached hydrogen (secondary N) is 4. The summed E-state index contributed by atoms with van der Waals surface area (Å²) in [7, 11) is 1.65. The molecule has 0 bridgehead atoms. The number of rotatable bonds is 6. The summed E-state index contributed by atoms with van der Waals surface area (Å²) >= 11 is 0. The molecular weight excluding hydrogens is 354 g/mol. The number of carbonyl (C=O) groups excluding carboxylic acids is 1. The summed E-state index contributed by atoms with van der Waals surface area (Å²) in [4.78, 5) is 20.6. The summed E-state index contributed by atoms with van der Waals surface area (Å²) in [5, 5.41) is 9.40.